The van der Waals surface area contributed by atoms with Gasteiger partial charge < -0.3 is 19.7 Å². The number of fused-ring (bicyclic) bond motifs is 1. The number of thiophene rings is 1. The minimum absolute atomic E-state index is 0.108. The number of rotatable bonds is 8. The normalized spacial score (nSPS) is 15.8. The summed E-state index contributed by atoms with van der Waals surface area (Å²) in [5.74, 6) is 1.07. The molecule has 0 saturated heterocycles. The molecule has 176 valence electrons. The van der Waals surface area contributed by atoms with E-state index in [4.69, 9.17) is 9.47 Å². The summed E-state index contributed by atoms with van der Waals surface area (Å²) in [6.07, 6.45) is 7.73. The largest absolute Gasteiger partial charge is 0.454 e. The van der Waals surface area contributed by atoms with Crippen molar-refractivity contribution in [3.05, 3.63) is 76.2 Å². The maximum Gasteiger partial charge on any atom is 0.247 e. The first-order valence-electron chi connectivity index (χ1n) is 11.6. The van der Waals surface area contributed by atoms with Crippen molar-refractivity contribution in [1.29, 1.82) is 0 Å². The van der Waals surface area contributed by atoms with Crippen molar-refractivity contribution in [1.82, 2.24) is 15.2 Å². The van der Waals surface area contributed by atoms with E-state index in [2.05, 4.69) is 10.3 Å². The zero-order chi connectivity index (χ0) is 23.3. The van der Waals surface area contributed by atoms with E-state index in [9.17, 15) is 9.59 Å². The van der Waals surface area contributed by atoms with Gasteiger partial charge in [-0.1, -0.05) is 25.0 Å². The number of carbonyl (C=O) groups excluding carboxylic acids is 2. The van der Waals surface area contributed by atoms with Gasteiger partial charge in [-0.15, -0.1) is 11.3 Å². The molecule has 1 aromatic carbocycles. The van der Waals surface area contributed by atoms with Gasteiger partial charge in [-0.05, 0) is 59.7 Å². The first kappa shape index (κ1) is 22.4. The number of carbonyl (C=O) groups is 2. The summed E-state index contributed by atoms with van der Waals surface area (Å²) >= 11 is 1.54. The summed E-state index contributed by atoms with van der Waals surface area (Å²) < 4.78 is 11.0. The van der Waals surface area contributed by atoms with E-state index in [1.165, 1.54) is 11.3 Å². The number of pyridine rings is 1. The zero-order valence-corrected chi connectivity index (χ0v) is 19.6. The van der Waals surface area contributed by atoms with Crippen molar-refractivity contribution in [2.75, 3.05) is 6.79 Å². The molecule has 3 aromatic rings. The van der Waals surface area contributed by atoms with E-state index in [1.54, 1.807) is 17.3 Å². The fraction of sp³-hybridized carbons (Fsp3) is 0.346. The van der Waals surface area contributed by atoms with Crippen molar-refractivity contribution in [2.45, 2.75) is 50.7 Å². The third kappa shape index (κ3) is 5.07. The monoisotopic (exact) mass is 477 g/mol. The van der Waals surface area contributed by atoms with Crippen molar-refractivity contribution >= 4 is 23.2 Å². The fourth-order valence-corrected chi connectivity index (χ4v) is 5.29. The second-order valence-electron chi connectivity index (χ2n) is 8.64. The average molecular weight is 478 g/mol. The minimum atomic E-state index is -0.763. The maximum absolute atomic E-state index is 13.7. The molecule has 3 heterocycles. The van der Waals surface area contributed by atoms with Crippen LogP contribution in [0.15, 0.2) is 60.2 Å². The van der Waals surface area contributed by atoms with Gasteiger partial charge in [0.05, 0.1) is 6.42 Å². The quantitative estimate of drug-likeness (QED) is 0.525. The van der Waals surface area contributed by atoms with Gasteiger partial charge in [0.15, 0.2) is 11.5 Å². The molecule has 2 amide bonds. The molecule has 1 saturated carbocycles. The lowest BCUT2D eigenvalue weighted by atomic mass is 10.0. The second-order valence-corrected chi connectivity index (χ2v) is 9.67. The third-order valence-electron chi connectivity index (χ3n) is 6.30. The predicted molar refractivity (Wildman–Crippen MR) is 129 cm³/mol. The molecule has 8 heteroatoms. The Morgan fingerprint density at radius 3 is 2.65 bits per heavy atom. The van der Waals surface area contributed by atoms with Crippen molar-refractivity contribution < 1.29 is 19.1 Å². The molecule has 2 aliphatic rings. The highest BCUT2D eigenvalue weighted by Crippen LogP contribution is 2.34. The Hall–Kier alpha value is -3.39. The van der Waals surface area contributed by atoms with Crippen molar-refractivity contribution in [3.63, 3.8) is 0 Å². The molecule has 0 spiro atoms. The Bertz CT molecular complexity index is 1130. The lowest BCUT2D eigenvalue weighted by Gasteiger charge is -2.32. The number of aromatic nitrogens is 1. The van der Waals surface area contributed by atoms with E-state index < -0.39 is 6.04 Å². The standard InChI is InChI=1S/C26H27N3O4S/c30-24(15-21-6-3-13-34-21)29(16-18-7-8-22-23(14-18)33-17-32-22)25(19-9-11-27-12-10-19)26(31)28-20-4-1-2-5-20/h3,6-14,20,25H,1-2,4-5,15-17H2,(H,28,31). The number of benzene rings is 1. The van der Waals surface area contributed by atoms with Crippen molar-refractivity contribution in [3.8, 4) is 11.5 Å². The van der Waals surface area contributed by atoms with Gasteiger partial charge >= 0.3 is 0 Å². The lowest BCUT2D eigenvalue weighted by Crippen LogP contribution is -2.46. The molecular formula is C26H27N3O4S. The Kier molecular flexibility index (Phi) is 6.76. The van der Waals surface area contributed by atoms with Crippen LogP contribution in [0.3, 0.4) is 0 Å². The van der Waals surface area contributed by atoms with E-state index in [-0.39, 0.29) is 37.6 Å². The third-order valence-corrected chi connectivity index (χ3v) is 7.18. The Morgan fingerprint density at radius 2 is 1.88 bits per heavy atom. The molecule has 1 unspecified atom stereocenters. The smallest absolute Gasteiger partial charge is 0.247 e. The Morgan fingerprint density at radius 1 is 1.09 bits per heavy atom. The van der Waals surface area contributed by atoms with E-state index in [1.807, 2.05) is 47.8 Å². The van der Waals surface area contributed by atoms with Crippen LogP contribution < -0.4 is 14.8 Å². The van der Waals surface area contributed by atoms with Gasteiger partial charge in [-0.25, -0.2) is 0 Å². The zero-order valence-electron chi connectivity index (χ0n) is 18.8. The molecule has 34 heavy (non-hydrogen) atoms. The summed E-state index contributed by atoms with van der Waals surface area (Å²) in [6.45, 7) is 0.454. The second kappa shape index (κ2) is 10.3. The highest BCUT2D eigenvalue weighted by atomic mass is 32.1. The van der Waals surface area contributed by atoms with Gasteiger partial charge in [0.2, 0.25) is 18.6 Å². The van der Waals surface area contributed by atoms with Crippen LogP contribution in [0.2, 0.25) is 0 Å². The number of ether oxygens (including phenoxy) is 2. The van der Waals surface area contributed by atoms with Crippen LogP contribution in [0.1, 0.15) is 47.7 Å². The molecule has 1 N–H and O–H groups in total. The highest BCUT2D eigenvalue weighted by Gasteiger charge is 2.33. The number of hydrogen-bond donors (Lipinski definition) is 1. The molecule has 7 nitrogen and oxygen atoms in total. The topological polar surface area (TPSA) is 80.8 Å². The molecule has 5 rings (SSSR count). The molecule has 1 aliphatic heterocycles. The maximum atomic E-state index is 13.7. The Balaban J connectivity index is 1.48. The van der Waals surface area contributed by atoms with E-state index in [0.717, 1.165) is 41.7 Å². The number of nitrogens with one attached hydrogen (secondary N) is 1. The van der Waals surface area contributed by atoms with Crippen LogP contribution >= 0.6 is 11.3 Å². The summed E-state index contributed by atoms with van der Waals surface area (Å²) in [7, 11) is 0. The predicted octanol–water partition coefficient (Wildman–Crippen LogP) is 4.24. The van der Waals surface area contributed by atoms with Crippen LogP contribution in [0.25, 0.3) is 0 Å². The first-order chi connectivity index (χ1) is 16.7. The number of amides is 2. The average Bonchev–Trinajstić information content (AvgIpc) is 3.62. The van der Waals surface area contributed by atoms with Gasteiger partial charge in [-0.3, -0.25) is 14.6 Å². The summed E-state index contributed by atoms with van der Waals surface area (Å²) in [5, 5.41) is 5.16. The van der Waals surface area contributed by atoms with Gasteiger partial charge in [0, 0.05) is 29.9 Å². The molecule has 1 fully saturated rings. The molecule has 1 aliphatic carbocycles. The van der Waals surface area contributed by atoms with Gasteiger partial charge in [0.1, 0.15) is 6.04 Å². The number of nitrogens with zero attached hydrogens (tertiary/aromatic N) is 2. The van der Waals surface area contributed by atoms with Crippen LogP contribution in [0.5, 0.6) is 11.5 Å². The molecule has 0 bridgehead atoms. The molecule has 2 aromatic heterocycles. The van der Waals surface area contributed by atoms with E-state index in [0.29, 0.717) is 11.5 Å². The highest BCUT2D eigenvalue weighted by molar-refractivity contribution is 7.10. The Labute approximate surface area is 202 Å². The lowest BCUT2D eigenvalue weighted by molar-refractivity contribution is -0.141. The molecular weight excluding hydrogens is 450 g/mol. The van der Waals surface area contributed by atoms with Crippen LogP contribution in [-0.4, -0.2) is 34.5 Å². The molecule has 1 atom stereocenters. The molecule has 0 radical (unpaired) electrons. The SMILES string of the molecule is O=C(NC1CCCC1)C(c1ccncc1)N(Cc1ccc2c(c1)OCO2)C(=O)Cc1cccs1. The minimum Gasteiger partial charge on any atom is -0.454 e. The van der Waals surface area contributed by atoms with Crippen LogP contribution in [0, 0.1) is 0 Å². The first-order valence-corrected chi connectivity index (χ1v) is 12.5. The number of hydrogen-bond acceptors (Lipinski definition) is 6. The van der Waals surface area contributed by atoms with E-state index >= 15 is 0 Å². The van der Waals surface area contributed by atoms with Crippen LogP contribution in [0.4, 0.5) is 0 Å². The van der Waals surface area contributed by atoms with Gasteiger partial charge in [0.25, 0.3) is 0 Å². The van der Waals surface area contributed by atoms with Crippen molar-refractivity contribution in [2.24, 2.45) is 0 Å². The van der Waals surface area contributed by atoms with Gasteiger partial charge in [-0.2, -0.15) is 0 Å². The fourth-order valence-electron chi connectivity index (χ4n) is 4.59. The summed E-state index contributed by atoms with van der Waals surface area (Å²) in [6, 6.07) is 12.5. The summed E-state index contributed by atoms with van der Waals surface area (Å²) in [5.41, 5.74) is 1.61. The summed E-state index contributed by atoms with van der Waals surface area (Å²) in [4.78, 5) is 34.1. The van der Waals surface area contributed by atoms with Crippen LogP contribution in [-0.2, 0) is 22.6 Å².